The number of nitrogens with zero attached hydrogens (tertiary/aromatic N) is 1. The zero-order valence-corrected chi connectivity index (χ0v) is 10.0. The Morgan fingerprint density at radius 1 is 1.29 bits per heavy atom. The molecule has 1 saturated carbocycles. The molecule has 1 amide bonds. The first kappa shape index (κ1) is 12.4. The normalized spacial score (nSPS) is 24.7. The number of nitrogens with one attached hydrogen (secondary N) is 1. The largest absolute Gasteiger partial charge is 0.481 e. The van der Waals surface area contributed by atoms with E-state index in [0.29, 0.717) is 19.1 Å². The maximum atomic E-state index is 11.9. The first-order valence-corrected chi connectivity index (χ1v) is 6.38. The Morgan fingerprint density at radius 3 is 2.71 bits per heavy atom. The number of carboxylic acid groups (broad SMARTS) is 1. The van der Waals surface area contributed by atoms with Crippen LogP contribution in [0.3, 0.4) is 0 Å². The van der Waals surface area contributed by atoms with E-state index >= 15 is 0 Å². The highest BCUT2D eigenvalue weighted by Crippen LogP contribution is 2.20. The summed E-state index contributed by atoms with van der Waals surface area (Å²) in [5.74, 6) is -0.515. The molecular formula is C12H20N2O3. The van der Waals surface area contributed by atoms with Gasteiger partial charge in [-0.05, 0) is 31.6 Å². The molecule has 1 unspecified atom stereocenters. The summed E-state index contributed by atoms with van der Waals surface area (Å²) in [4.78, 5) is 24.3. The second kappa shape index (κ2) is 5.49. The lowest BCUT2D eigenvalue weighted by atomic mass is 9.95. The monoisotopic (exact) mass is 240 g/mol. The van der Waals surface area contributed by atoms with Crippen LogP contribution in [0.15, 0.2) is 0 Å². The van der Waals surface area contributed by atoms with Crippen molar-refractivity contribution in [2.45, 2.75) is 38.1 Å². The SMILES string of the molecule is O=C(O)CC1CCCN(C(=O)CNC2CC2)C1. The van der Waals surface area contributed by atoms with Gasteiger partial charge < -0.3 is 15.3 Å². The third-order valence-corrected chi connectivity index (χ3v) is 3.45. The molecule has 5 heteroatoms. The van der Waals surface area contributed by atoms with Crippen LogP contribution in [0.2, 0.25) is 0 Å². The molecule has 2 aliphatic rings. The minimum absolute atomic E-state index is 0.118. The standard InChI is InChI=1S/C12H20N2O3/c15-11(7-13-10-3-4-10)14-5-1-2-9(8-14)6-12(16)17/h9-10,13H,1-8H2,(H,16,17). The summed E-state index contributed by atoms with van der Waals surface area (Å²) < 4.78 is 0. The van der Waals surface area contributed by atoms with Crippen molar-refractivity contribution in [2.75, 3.05) is 19.6 Å². The molecule has 0 aromatic heterocycles. The van der Waals surface area contributed by atoms with Gasteiger partial charge in [-0.3, -0.25) is 9.59 Å². The van der Waals surface area contributed by atoms with Gasteiger partial charge in [0, 0.05) is 25.6 Å². The summed E-state index contributed by atoms with van der Waals surface area (Å²) in [5.41, 5.74) is 0. The summed E-state index contributed by atoms with van der Waals surface area (Å²) in [6.07, 6.45) is 4.38. The van der Waals surface area contributed by atoms with Gasteiger partial charge in [0.2, 0.25) is 5.91 Å². The number of rotatable bonds is 5. The van der Waals surface area contributed by atoms with E-state index in [1.807, 2.05) is 4.90 Å². The Morgan fingerprint density at radius 2 is 2.06 bits per heavy atom. The quantitative estimate of drug-likeness (QED) is 0.732. The van der Waals surface area contributed by atoms with E-state index in [0.717, 1.165) is 19.4 Å². The molecule has 1 atom stereocenters. The summed E-state index contributed by atoms with van der Waals surface area (Å²) in [7, 11) is 0. The van der Waals surface area contributed by atoms with Crippen LogP contribution in [0.25, 0.3) is 0 Å². The molecule has 2 N–H and O–H groups in total. The van der Waals surface area contributed by atoms with E-state index in [9.17, 15) is 9.59 Å². The number of carbonyl (C=O) groups excluding carboxylic acids is 1. The predicted octanol–water partition coefficient (Wildman–Crippen LogP) is 0.452. The molecule has 5 nitrogen and oxygen atoms in total. The summed E-state index contributed by atoms with van der Waals surface area (Å²) in [5, 5.41) is 12.0. The van der Waals surface area contributed by atoms with Crippen molar-refractivity contribution in [1.29, 1.82) is 0 Å². The highest BCUT2D eigenvalue weighted by Gasteiger charge is 2.27. The predicted molar refractivity (Wildman–Crippen MR) is 62.6 cm³/mol. The maximum absolute atomic E-state index is 11.9. The molecule has 0 radical (unpaired) electrons. The van der Waals surface area contributed by atoms with Crippen molar-refractivity contribution in [2.24, 2.45) is 5.92 Å². The Kier molecular flexibility index (Phi) is 3.99. The fourth-order valence-electron chi connectivity index (χ4n) is 2.34. The van der Waals surface area contributed by atoms with Gasteiger partial charge in [0.25, 0.3) is 0 Å². The van der Waals surface area contributed by atoms with Gasteiger partial charge in [0.15, 0.2) is 0 Å². The third kappa shape index (κ3) is 4.00. The zero-order valence-electron chi connectivity index (χ0n) is 10.0. The molecule has 0 spiro atoms. The van der Waals surface area contributed by atoms with Crippen molar-refractivity contribution in [3.05, 3.63) is 0 Å². The first-order valence-electron chi connectivity index (χ1n) is 6.38. The van der Waals surface area contributed by atoms with Gasteiger partial charge in [-0.2, -0.15) is 0 Å². The number of carboxylic acids is 1. The second-order valence-electron chi connectivity index (χ2n) is 5.10. The molecule has 1 aliphatic carbocycles. The molecule has 1 aliphatic heterocycles. The Labute approximate surface area is 101 Å². The van der Waals surface area contributed by atoms with E-state index in [1.54, 1.807) is 0 Å². The van der Waals surface area contributed by atoms with Crippen molar-refractivity contribution < 1.29 is 14.7 Å². The average Bonchev–Trinajstić information content (AvgIpc) is 3.09. The number of carbonyl (C=O) groups is 2. The fraction of sp³-hybridized carbons (Fsp3) is 0.833. The fourth-order valence-corrected chi connectivity index (χ4v) is 2.34. The molecule has 2 fully saturated rings. The third-order valence-electron chi connectivity index (χ3n) is 3.45. The van der Waals surface area contributed by atoms with Gasteiger partial charge in [-0.25, -0.2) is 0 Å². The molecule has 96 valence electrons. The number of hydrogen-bond acceptors (Lipinski definition) is 3. The molecule has 1 saturated heterocycles. The van der Waals surface area contributed by atoms with Crippen LogP contribution < -0.4 is 5.32 Å². The minimum atomic E-state index is -0.764. The Bertz CT molecular complexity index is 302. The van der Waals surface area contributed by atoms with Crippen LogP contribution in [-0.2, 0) is 9.59 Å². The molecule has 1 heterocycles. The average molecular weight is 240 g/mol. The van der Waals surface area contributed by atoms with Crippen molar-refractivity contribution in [3.63, 3.8) is 0 Å². The van der Waals surface area contributed by atoms with E-state index in [-0.39, 0.29) is 18.2 Å². The van der Waals surface area contributed by atoms with Crippen LogP contribution in [0.5, 0.6) is 0 Å². The highest BCUT2D eigenvalue weighted by atomic mass is 16.4. The summed E-state index contributed by atoms with van der Waals surface area (Å²) >= 11 is 0. The second-order valence-corrected chi connectivity index (χ2v) is 5.10. The van der Waals surface area contributed by atoms with Crippen LogP contribution >= 0.6 is 0 Å². The topological polar surface area (TPSA) is 69.6 Å². The van der Waals surface area contributed by atoms with Gasteiger partial charge >= 0.3 is 5.97 Å². The Hall–Kier alpha value is -1.10. The van der Waals surface area contributed by atoms with Crippen LogP contribution in [0.1, 0.15) is 32.1 Å². The van der Waals surface area contributed by atoms with Gasteiger partial charge in [0.05, 0.1) is 6.54 Å². The first-order chi connectivity index (χ1) is 8.15. The lowest BCUT2D eigenvalue weighted by Gasteiger charge is -2.32. The summed E-state index contributed by atoms with van der Waals surface area (Å²) in [6.45, 7) is 1.79. The number of aliphatic carboxylic acids is 1. The minimum Gasteiger partial charge on any atom is -0.481 e. The highest BCUT2D eigenvalue weighted by molar-refractivity contribution is 5.78. The van der Waals surface area contributed by atoms with Gasteiger partial charge in [0.1, 0.15) is 0 Å². The van der Waals surface area contributed by atoms with Gasteiger partial charge in [-0.1, -0.05) is 0 Å². The molecule has 0 bridgehead atoms. The van der Waals surface area contributed by atoms with Crippen LogP contribution in [0, 0.1) is 5.92 Å². The molecule has 2 rings (SSSR count). The molecule has 0 aromatic rings. The number of amides is 1. The van der Waals surface area contributed by atoms with Crippen molar-refractivity contribution >= 4 is 11.9 Å². The lowest BCUT2D eigenvalue weighted by Crippen LogP contribution is -2.44. The Balaban J connectivity index is 1.74. The maximum Gasteiger partial charge on any atom is 0.303 e. The molecule has 17 heavy (non-hydrogen) atoms. The van der Waals surface area contributed by atoms with Crippen molar-refractivity contribution in [1.82, 2.24) is 10.2 Å². The van der Waals surface area contributed by atoms with E-state index in [2.05, 4.69) is 5.32 Å². The zero-order chi connectivity index (χ0) is 12.3. The lowest BCUT2D eigenvalue weighted by molar-refractivity contribution is -0.140. The molecular weight excluding hydrogens is 220 g/mol. The van der Waals surface area contributed by atoms with E-state index in [1.165, 1.54) is 12.8 Å². The number of piperidine rings is 1. The van der Waals surface area contributed by atoms with Crippen LogP contribution in [0.4, 0.5) is 0 Å². The molecule has 0 aromatic carbocycles. The number of hydrogen-bond donors (Lipinski definition) is 2. The summed E-state index contributed by atoms with van der Waals surface area (Å²) in [6, 6.07) is 0.540. The van der Waals surface area contributed by atoms with Crippen molar-refractivity contribution in [3.8, 4) is 0 Å². The smallest absolute Gasteiger partial charge is 0.303 e. The van der Waals surface area contributed by atoms with Crippen LogP contribution in [-0.4, -0.2) is 47.6 Å². The van der Waals surface area contributed by atoms with E-state index in [4.69, 9.17) is 5.11 Å². The van der Waals surface area contributed by atoms with Gasteiger partial charge in [-0.15, -0.1) is 0 Å². The van der Waals surface area contributed by atoms with E-state index < -0.39 is 5.97 Å². The number of likely N-dealkylation sites (tertiary alicyclic amines) is 1.